The maximum atomic E-state index is 11.0. The fourth-order valence-electron chi connectivity index (χ4n) is 1.13. The molecule has 0 radical (unpaired) electrons. The molecular formula is C8H11BrO. The Hall–Kier alpha value is -0.110. The summed E-state index contributed by atoms with van der Waals surface area (Å²) in [7, 11) is 0. The molecule has 0 saturated carbocycles. The highest BCUT2D eigenvalue weighted by Gasteiger charge is 2.06. The van der Waals surface area contributed by atoms with Crippen LogP contribution in [0.25, 0.3) is 0 Å². The Morgan fingerprint density at radius 3 is 2.80 bits per heavy atom. The van der Waals surface area contributed by atoms with Gasteiger partial charge in [0.25, 0.3) is 0 Å². The number of ketones is 1. The zero-order valence-corrected chi connectivity index (χ0v) is 7.49. The summed E-state index contributed by atoms with van der Waals surface area (Å²) in [6.45, 7) is 0. The zero-order valence-electron chi connectivity index (χ0n) is 5.90. The van der Waals surface area contributed by atoms with Crippen LogP contribution in [0.1, 0.15) is 25.7 Å². The normalized spacial score (nSPS) is 20.1. The van der Waals surface area contributed by atoms with Gasteiger partial charge in [-0.2, -0.15) is 0 Å². The van der Waals surface area contributed by atoms with Crippen LogP contribution in [0.4, 0.5) is 0 Å². The van der Waals surface area contributed by atoms with Crippen molar-refractivity contribution in [3.05, 3.63) is 11.6 Å². The Labute approximate surface area is 69.6 Å². The summed E-state index contributed by atoms with van der Waals surface area (Å²) < 4.78 is 0. The van der Waals surface area contributed by atoms with Crippen LogP contribution in [0, 0.1) is 0 Å². The van der Waals surface area contributed by atoms with Crippen LogP contribution >= 0.6 is 15.9 Å². The van der Waals surface area contributed by atoms with Crippen LogP contribution in [0.2, 0.25) is 0 Å². The van der Waals surface area contributed by atoms with Gasteiger partial charge in [0.05, 0.1) is 0 Å². The molecule has 1 aliphatic rings. The second kappa shape index (κ2) is 3.91. The number of rotatable bonds is 1. The van der Waals surface area contributed by atoms with Crippen molar-refractivity contribution in [2.24, 2.45) is 0 Å². The number of allylic oxidation sites excluding steroid dienone is 2. The Kier molecular flexibility index (Phi) is 3.13. The fourth-order valence-corrected chi connectivity index (χ4v) is 1.57. The van der Waals surface area contributed by atoms with Crippen molar-refractivity contribution >= 4 is 21.7 Å². The summed E-state index contributed by atoms with van der Waals surface area (Å²) in [5.74, 6) is 0.298. The van der Waals surface area contributed by atoms with E-state index in [4.69, 9.17) is 0 Å². The number of hydrogen-bond donors (Lipinski definition) is 0. The zero-order chi connectivity index (χ0) is 7.40. The molecule has 2 heteroatoms. The Morgan fingerprint density at radius 2 is 2.10 bits per heavy atom. The first-order chi connectivity index (χ1) is 4.83. The van der Waals surface area contributed by atoms with Crippen LogP contribution < -0.4 is 0 Å². The van der Waals surface area contributed by atoms with Gasteiger partial charge in [0.1, 0.15) is 0 Å². The highest BCUT2D eigenvalue weighted by atomic mass is 79.9. The average molecular weight is 203 g/mol. The van der Waals surface area contributed by atoms with Gasteiger partial charge in [0, 0.05) is 11.8 Å². The molecule has 0 spiro atoms. The van der Waals surface area contributed by atoms with Crippen molar-refractivity contribution in [1.29, 1.82) is 0 Å². The maximum Gasteiger partial charge on any atom is 0.155 e. The van der Waals surface area contributed by atoms with E-state index in [-0.39, 0.29) is 0 Å². The summed E-state index contributed by atoms with van der Waals surface area (Å²) >= 11 is 3.35. The van der Waals surface area contributed by atoms with Gasteiger partial charge in [0.15, 0.2) is 5.78 Å². The molecule has 0 aromatic rings. The molecule has 10 heavy (non-hydrogen) atoms. The number of alkyl halides is 1. The molecule has 0 saturated heterocycles. The summed E-state index contributed by atoms with van der Waals surface area (Å²) in [6.07, 6.45) is 5.87. The second-order valence-corrected chi connectivity index (χ2v) is 3.17. The second-order valence-electron chi connectivity index (χ2n) is 2.61. The van der Waals surface area contributed by atoms with Crippen LogP contribution in [-0.2, 0) is 4.79 Å². The molecule has 0 bridgehead atoms. The first-order valence-corrected chi connectivity index (χ1v) is 4.73. The predicted octanol–water partition coefficient (Wildman–Crippen LogP) is 2.45. The third-order valence-corrected chi connectivity index (χ3v) is 2.43. The van der Waals surface area contributed by atoms with E-state index >= 15 is 0 Å². The minimum atomic E-state index is 0.298. The van der Waals surface area contributed by atoms with E-state index in [0.717, 1.165) is 24.6 Å². The van der Waals surface area contributed by atoms with Crippen molar-refractivity contribution in [2.75, 3.05) is 5.33 Å². The van der Waals surface area contributed by atoms with Gasteiger partial charge >= 0.3 is 0 Å². The first kappa shape index (κ1) is 7.99. The van der Waals surface area contributed by atoms with Gasteiger partial charge in [-0.3, -0.25) is 4.79 Å². The lowest BCUT2D eigenvalue weighted by atomic mass is 10.2. The topological polar surface area (TPSA) is 17.1 Å². The molecule has 0 amide bonds. The van der Waals surface area contributed by atoms with Crippen LogP contribution in [0.5, 0.6) is 0 Å². The maximum absolute atomic E-state index is 11.0. The summed E-state index contributed by atoms with van der Waals surface area (Å²) in [6, 6.07) is 0. The SMILES string of the molecule is O=C1C=C(CBr)CCCC1. The van der Waals surface area contributed by atoms with Crippen molar-refractivity contribution in [3.63, 3.8) is 0 Å². The quantitative estimate of drug-likeness (QED) is 0.598. The van der Waals surface area contributed by atoms with Gasteiger partial charge in [-0.05, 0) is 25.3 Å². The minimum absolute atomic E-state index is 0.298. The van der Waals surface area contributed by atoms with E-state index in [2.05, 4.69) is 15.9 Å². The number of carbonyl (C=O) groups excluding carboxylic acids is 1. The summed E-state index contributed by atoms with van der Waals surface area (Å²) in [5.41, 5.74) is 1.25. The van der Waals surface area contributed by atoms with E-state index in [9.17, 15) is 4.79 Å². The van der Waals surface area contributed by atoms with Gasteiger partial charge in [-0.15, -0.1) is 0 Å². The number of hydrogen-bond acceptors (Lipinski definition) is 1. The molecule has 0 aromatic carbocycles. The fraction of sp³-hybridized carbons (Fsp3) is 0.625. The Balaban J connectivity index is 2.59. The van der Waals surface area contributed by atoms with Gasteiger partial charge in [-0.1, -0.05) is 21.5 Å². The third-order valence-electron chi connectivity index (χ3n) is 1.71. The molecule has 1 rings (SSSR count). The third kappa shape index (κ3) is 2.25. The van der Waals surface area contributed by atoms with Crippen molar-refractivity contribution in [1.82, 2.24) is 0 Å². The van der Waals surface area contributed by atoms with E-state index in [1.807, 2.05) is 0 Å². The van der Waals surface area contributed by atoms with Crippen molar-refractivity contribution < 1.29 is 4.79 Å². The molecule has 0 atom stereocenters. The lowest BCUT2D eigenvalue weighted by molar-refractivity contribution is -0.114. The molecule has 56 valence electrons. The van der Waals surface area contributed by atoms with Crippen LogP contribution in [-0.4, -0.2) is 11.1 Å². The summed E-state index contributed by atoms with van der Waals surface area (Å²) in [4.78, 5) is 11.0. The largest absolute Gasteiger partial charge is 0.295 e. The Bertz CT molecular complexity index is 161. The van der Waals surface area contributed by atoms with Crippen molar-refractivity contribution in [3.8, 4) is 0 Å². The highest BCUT2D eigenvalue weighted by molar-refractivity contribution is 9.09. The molecular weight excluding hydrogens is 192 g/mol. The van der Waals surface area contributed by atoms with E-state index < -0.39 is 0 Å². The lowest BCUT2D eigenvalue weighted by Crippen LogP contribution is -1.90. The summed E-state index contributed by atoms with van der Waals surface area (Å²) in [5, 5.41) is 0.860. The van der Waals surface area contributed by atoms with Crippen molar-refractivity contribution in [2.45, 2.75) is 25.7 Å². The van der Waals surface area contributed by atoms with E-state index in [0.29, 0.717) is 5.78 Å². The van der Waals surface area contributed by atoms with Crippen LogP contribution in [0.15, 0.2) is 11.6 Å². The standard InChI is InChI=1S/C8H11BrO/c9-6-7-3-1-2-4-8(10)5-7/h5H,1-4,6H2. The van der Waals surface area contributed by atoms with E-state index in [1.165, 1.54) is 12.0 Å². The van der Waals surface area contributed by atoms with Gasteiger partial charge < -0.3 is 0 Å². The molecule has 0 N–H and O–H groups in total. The van der Waals surface area contributed by atoms with Gasteiger partial charge in [-0.25, -0.2) is 0 Å². The van der Waals surface area contributed by atoms with Crippen LogP contribution in [0.3, 0.4) is 0 Å². The highest BCUT2D eigenvalue weighted by Crippen LogP contribution is 2.16. The predicted molar refractivity (Wildman–Crippen MR) is 45.4 cm³/mol. The lowest BCUT2D eigenvalue weighted by Gasteiger charge is -1.95. The molecule has 1 nitrogen and oxygen atoms in total. The minimum Gasteiger partial charge on any atom is -0.295 e. The Morgan fingerprint density at radius 1 is 1.40 bits per heavy atom. The molecule has 0 fully saturated rings. The monoisotopic (exact) mass is 202 g/mol. The molecule has 1 aliphatic carbocycles. The number of carbonyl (C=O) groups is 1. The molecule has 0 aromatic heterocycles. The molecule has 0 heterocycles. The molecule has 0 unspecified atom stereocenters. The van der Waals surface area contributed by atoms with Gasteiger partial charge in [0.2, 0.25) is 0 Å². The first-order valence-electron chi connectivity index (χ1n) is 3.61. The smallest absolute Gasteiger partial charge is 0.155 e. The molecule has 0 aliphatic heterocycles. The van der Waals surface area contributed by atoms with E-state index in [1.54, 1.807) is 6.08 Å². The average Bonchev–Trinajstić information content (AvgIpc) is 2.13. The number of halogens is 1.